The van der Waals surface area contributed by atoms with Crippen molar-refractivity contribution >= 4 is 24.2 Å². The average Bonchev–Trinajstić information content (AvgIpc) is 2.64. The summed E-state index contributed by atoms with van der Waals surface area (Å²) >= 11 is 0. The summed E-state index contributed by atoms with van der Waals surface area (Å²) < 4.78 is 5.80. The van der Waals surface area contributed by atoms with E-state index in [1.807, 2.05) is 37.8 Å². The van der Waals surface area contributed by atoms with Gasteiger partial charge in [-0.05, 0) is 62.9 Å². The molecule has 1 fully saturated rings. The fourth-order valence-corrected chi connectivity index (χ4v) is 3.22. The molecule has 0 saturated carbocycles. The van der Waals surface area contributed by atoms with Gasteiger partial charge in [0.25, 0.3) is 11.8 Å². The number of carbonyl (C=O) groups excluding carboxylic acids is 2. The van der Waals surface area contributed by atoms with Gasteiger partial charge in [0, 0.05) is 31.7 Å². The van der Waals surface area contributed by atoms with E-state index in [9.17, 15) is 9.59 Å². The number of likely N-dealkylation sites (tertiary alicyclic amines) is 1. The SMILES string of the molecule is CCNCCNC(=O)c1cc(C)c(OCC(=O)N2CCCCC2)c(C)c1.Cl. The van der Waals surface area contributed by atoms with Crippen LogP contribution in [0.25, 0.3) is 0 Å². The van der Waals surface area contributed by atoms with Gasteiger partial charge in [0.15, 0.2) is 6.61 Å². The van der Waals surface area contributed by atoms with Crippen molar-refractivity contribution in [3.8, 4) is 5.75 Å². The number of hydrogen-bond acceptors (Lipinski definition) is 4. The lowest BCUT2D eigenvalue weighted by molar-refractivity contribution is -0.134. The number of ether oxygens (including phenoxy) is 1. The monoisotopic (exact) mass is 397 g/mol. The fraction of sp³-hybridized carbons (Fsp3) is 0.600. The second kappa shape index (κ2) is 11.8. The molecule has 0 spiro atoms. The van der Waals surface area contributed by atoms with Gasteiger partial charge in [0.1, 0.15) is 5.75 Å². The van der Waals surface area contributed by atoms with Crippen LogP contribution < -0.4 is 15.4 Å². The van der Waals surface area contributed by atoms with E-state index in [4.69, 9.17) is 4.74 Å². The van der Waals surface area contributed by atoms with E-state index >= 15 is 0 Å². The van der Waals surface area contributed by atoms with Crippen molar-refractivity contribution in [2.24, 2.45) is 0 Å². The topological polar surface area (TPSA) is 70.7 Å². The Morgan fingerprint density at radius 1 is 1.07 bits per heavy atom. The zero-order valence-electron chi connectivity index (χ0n) is 16.6. The highest BCUT2D eigenvalue weighted by Gasteiger charge is 2.18. The van der Waals surface area contributed by atoms with Crippen molar-refractivity contribution in [1.82, 2.24) is 15.5 Å². The minimum atomic E-state index is -0.0925. The van der Waals surface area contributed by atoms with E-state index in [1.54, 1.807) is 0 Å². The molecule has 0 aliphatic carbocycles. The van der Waals surface area contributed by atoms with Crippen LogP contribution in [-0.4, -0.2) is 56.0 Å². The van der Waals surface area contributed by atoms with Gasteiger partial charge in [-0.1, -0.05) is 6.92 Å². The maximum atomic E-state index is 12.3. The summed E-state index contributed by atoms with van der Waals surface area (Å²) in [5.74, 6) is 0.637. The molecule has 1 saturated heterocycles. The van der Waals surface area contributed by atoms with E-state index in [-0.39, 0.29) is 30.8 Å². The summed E-state index contributed by atoms with van der Waals surface area (Å²) in [6.45, 7) is 9.77. The molecular weight excluding hydrogens is 366 g/mol. The smallest absolute Gasteiger partial charge is 0.260 e. The van der Waals surface area contributed by atoms with Crippen LogP contribution in [0, 0.1) is 13.8 Å². The third kappa shape index (κ3) is 7.03. The molecule has 1 aromatic carbocycles. The first-order chi connectivity index (χ1) is 12.5. The first-order valence-electron chi connectivity index (χ1n) is 9.53. The van der Waals surface area contributed by atoms with Gasteiger partial charge in [-0.2, -0.15) is 0 Å². The number of amides is 2. The highest BCUT2D eigenvalue weighted by Crippen LogP contribution is 2.25. The van der Waals surface area contributed by atoms with Crippen molar-refractivity contribution in [2.75, 3.05) is 39.3 Å². The molecular formula is C20H32ClN3O3. The normalized spacial score (nSPS) is 13.7. The summed E-state index contributed by atoms with van der Waals surface area (Å²) in [7, 11) is 0. The Hall–Kier alpha value is -1.79. The largest absolute Gasteiger partial charge is 0.483 e. The lowest BCUT2D eigenvalue weighted by Gasteiger charge is -2.26. The Bertz CT molecular complexity index is 608. The highest BCUT2D eigenvalue weighted by atomic mass is 35.5. The molecule has 1 aliphatic heterocycles. The summed E-state index contributed by atoms with van der Waals surface area (Å²) in [5.41, 5.74) is 2.35. The number of carbonyl (C=O) groups is 2. The van der Waals surface area contributed by atoms with Gasteiger partial charge in [-0.3, -0.25) is 9.59 Å². The number of halogens is 1. The molecule has 0 atom stereocenters. The number of hydrogen-bond donors (Lipinski definition) is 2. The Labute approximate surface area is 168 Å². The van der Waals surface area contributed by atoms with Crippen molar-refractivity contribution in [2.45, 2.75) is 40.0 Å². The molecule has 2 rings (SSSR count). The molecule has 27 heavy (non-hydrogen) atoms. The number of benzene rings is 1. The lowest BCUT2D eigenvalue weighted by Crippen LogP contribution is -2.38. The van der Waals surface area contributed by atoms with Crippen LogP contribution in [0.1, 0.15) is 47.7 Å². The second-order valence-electron chi connectivity index (χ2n) is 6.78. The van der Waals surface area contributed by atoms with Crippen molar-refractivity contribution in [1.29, 1.82) is 0 Å². The number of nitrogens with zero attached hydrogens (tertiary/aromatic N) is 1. The number of nitrogens with one attached hydrogen (secondary N) is 2. The molecule has 0 radical (unpaired) electrons. The van der Waals surface area contributed by atoms with Crippen LogP contribution in [0.3, 0.4) is 0 Å². The molecule has 2 amide bonds. The number of piperidine rings is 1. The summed E-state index contributed by atoms with van der Waals surface area (Å²) in [5, 5.41) is 6.07. The Balaban J connectivity index is 0.00000364. The molecule has 0 aromatic heterocycles. The summed E-state index contributed by atoms with van der Waals surface area (Å²) in [6, 6.07) is 3.63. The predicted molar refractivity (Wildman–Crippen MR) is 110 cm³/mol. The molecule has 1 aliphatic rings. The third-order valence-corrected chi connectivity index (χ3v) is 4.61. The van der Waals surface area contributed by atoms with Crippen LogP contribution in [-0.2, 0) is 4.79 Å². The minimum absolute atomic E-state index is 0. The first-order valence-corrected chi connectivity index (χ1v) is 9.53. The maximum absolute atomic E-state index is 12.3. The zero-order chi connectivity index (χ0) is 18.9. The molecule has 6 nitrogen and oxygen atoms in total. The van der Waals surface area contributed by atoms with Gasteiger partial charge in [0.2, 0.25) is 0 Å². The Kier molecular flexibility index (Phi) is 10.2. The quantitative estimate of drug-likeness (QED) is 0.661. The van der Waals surface area contributed by atoms with Crippen molar-refractivity contribution in [3.63, 3.8) is 0 Å². The highest BCUT2D eigenvalue weighted by molar-refractivity contribution is 5.95. The second-order valence-corrected chi connectivity index (χ2v) is 6.78. The van der Waals surface area contributed by atoms with Gasteiger partial charge in [-0.15, -0.1) is 12.4 Å². The van der Waals surface area contributed by atoms with Crippen molar-refractivity contribution in [3.05, 3.63) is 28.8 Å². The van der Waals surface area contributed by atoms with Gasteiger partial charge in [-0.25, -0.2) is 0 Å². The third-order valence-electron chi connectivity index (χ3n) is 4.61. The molecule has 1 aromatic rings. The number of aryl methyl sites for hydroxylation is 2. The van der Waals surface area contributed by atoms with Gasteiger partial charge < -0.3 is 20.3 Å². The van der Waals surface area contributed by atoms with E-state index < -0.39 is 0 Å². The Morgan fingerprint density at radius 3 is 2.30 bits per heavy atom. The van der Waals surface area contributed by atoms with Crippen LogP contribution in [0.2, 0.25) is 0 Å². The first kappa shape index (κ1) is 23.2. The van der Waals surface area contributed by atoms with Crippen molar-refractivity contribution < 1.29 is 14.3 Å². The average molecular weight is 398 g/mol. The number of rotatable bonds is 8. The van der Waals surface area contributed by atoms with Gasteiger partial charge >= 0.3 is 0 Å². The summed E-state index contributed by atoms with van der Waals surface area (Å²) in [4.78, 5) is 26.4. The summed E-state index contributed by atoms with van der Waals surface area (Å²) in [6.07, 6.45) is 3.34. The molecule has 152 valence electrons. The predicted octanol–water partition coefficient (Wildman–Crippen LogP) is 2.46. The molecule has 0 unspecified atom stereocenters. The van der Waals surface area contributed by atoms with Crippen LogP contribution in [0.5, 0.6) is 5.75 Å². The molecule has 2 N–H and O–H groups in total. The van der Waals surface area contributed by atoms with E-state index in [0.29, 0.717) is 17.9 Å². The lowest BCUT2D eigenvalue weighted by atomic mass is 10.1. The number of likely N-dealkylation sites (N-methyl/N-ethyl adjacent to an activating group) is 1. The van der Waals surface area contributed by atoms with Crippen LogP contribution in [0.15, 0.2) is 12.1 Å². The fourth-order valence-electron chi connectivity index (χ4n) is 3.22. The maximum Gasteiger partial charge on any atom is 0.260 e. The van der Waals surface area contributed by atoms with E-state index in [1.165, 1.54) is 6.42 Å². The van der Waals surface area contributed by atoms with E-state index in [2.05, 4.69) is 10.6 Å². The van der Waals surface area contributed by atoms with Crippen LogP contribution in [0.4, 0.5) is 0 Å². The molecule has 0 bridgehead atoms. The van der Waals surface area contributed by atoms with Crippen LogP contribution >= 0.6 is 12.4 Å². The molecule has 1 heterocycles. The Morgan fingerprint density at radius 2 is 1.70 bits per heavy atom. The minimum Gasteiger partial charge on any atom is -0.483 e. The zero-order valence-corrected chi connectivity index (χ0v) is 17.4. The van der Waals surface area contributed by atoms with E-state index in [0.717, 1.165) is 50.1 Å². The standard InChI is InChI=1S/C20H31N3O3.ClH/c1-4-21-8-9-22-20(25)17-12-15(2)19(16(3)13-17)26-14-18(24)23-10-6-5-7-11-23;/h12-13,21H,4-11,14H2,1-3H3,(H,22,25);1H. The van der Waals surface area contributed by atoms with Gasteiger partial charge in [0.05, 0.1) is 0 Å². The molecule has 7 heteroatoms.